The summed E-state index contributed by atoms with van der Waals surface area (Å²) in [5.74, 6) is 1.59. The van der Waals surface area contributed by atoms with Crippen LogP contribution in [-0.4, -0.2) is 26.6 Å². The Morgan fingerprint density at radius 1 is 1.00 bits per heavy atom. The SMILES string of the molecule is COc1cc(CNc2cccc(-n3cnc4ccccc43)c2)ccc1-c1ncc[nH]1. The highest BCUT2D eigenvalue weighted by Gasteiger charge is 2.09. The molecule has 0 aliphatic carbocycles. The maximum atomic E-state index is 5.57. The fourth-order valence-electron chi connectivity index (χ4n) is 3.59. The summed E-state index contributed by atoms with van der Waals surface area (Å²) in [5, 5.41) is 3.50. The zero-order valence-corrected chi connectivity index (χ0v) is 16.5. The molecule has 0 radical (unpaired) electrons. The third-order valence-corrected chi connectivity index (χ3v) is 5.09. The van der Waals surface area contributed by atoms with Crippen LogP contribution in [0.1, 0.15) is 5.56 Å². The smallest absolute Gasteiger partial charge is 0.141 e. The average Bonchev–Trinajstić information content (AvgIpc) is 3.48. The Labute approximate surface area is 174 Å². The highest BCUT2D eigenvalue weighted by Crippen LogP contribution is 2.29. The molecule has 0 unspecified atom stereocenters. The van der Waals surface area contributed by atoms with E-state index in [2.05, 4.69) is 55.2 Å². The Kier molecular flexibility index (Phi) is 4.65. The van der Waals surface area contributed by atoms with Crippen molar-refractivity contribution in [2.75, 3.05) is 12.4 Å². The molecule has 0 amide bonds. The Balaban J connectivity index is 1.36. The minimum Gasteiger partial charge on any atom is -0.496 e. The van der Waals surface area contributed by atoms with Gasteiger partial charge in [-0.1, -0.05) is 24.3 Å². The molecular formula is C24H21N5O. The molecule has 0 aliphatic heterocycles. The number of methoxy groups -OCH3 is 1. The number of rotatable bonds is 6. The second kappa shape index (κ2) is 7.75. The lowest BCUT2D eigenvalue weighted by atomic mass is 10.1. The lowest BCUT2D eigenvalue weighted by Crippen LogP contribution is -2.01. The molecule has 6 heteroatoms. The Hall–Kier alpha value is -4.06. The van der Waals surface area contributed by atoms with Crippen LogP contribution in [0.3, 0.4) is 0 Å². The van der Waals surface area contributed by atoms with Crippen molar-refractivity contribution in [1.29, 1.82) is 0 Å². The first kappa shape index (κ1) is 18.0. The standard InChI is InChI=1S/C24H21N5O/c1-30-23-13-17(9-10-20(23)24-25-11-12-26-24)15-27-18-5-4-6-19(14-18)29-16-28-21-7-2-3-8-22(21)29/h2-14,16,27H,15H2,1H3,(H,25,26). The van der Waals surface area contributed by atoms with Crippen molar-refractivity contribution in [1.82, 2.24) is 19.5 Å². The predicted molar refractivity (Wildman–Crippen MR) is 119 cm³/mol. The average molecular weight is 395 g/mol. The Morgan fingerprint density at radius 3 is 2.80 bits per heavy atom. The van der Waals surface area contributed by atoms with Gasteiger partial charge in [0.25, 0.3) is 0 Å². The van der Waals surface area contributed by atoms with Crippen molar-refractivity contribution in [3.05, 3.63) is 91.0 Å². The third-order valence-electron chi connectivity index (χ3n) is 5.09. The number of benzene rings is 3. The molecule has 148 valence electrons. The van der Waals surface area contributed by atoms with Crippen LogP contribution in [0, 0.1) is 0 Å². The number of aromatic nitrogens is 4. The van der Waals surface area contributed by atoms with Crippen LogP contribution in [0.4, 0.5) is 5.69 Å². The number of aromatic amines is 1. The zero-order valence-electron chi connectivity index (χ0n) is 16.5. The van der Waals surface area contributed by atoms with E-state index in [1.807, 2.05) is 42.7 Å². The number of anilines is 1. The number of H-pyrrole nitrogens is 1. The van der Waals surface area contributed by atoms with Gasteiger partial charge in [-0.3, -0.25) is 4.57 Å². The molecule has 2 N–H and O–H groups in total. The van der Waals surface area contributed by atoms with E-state index in [1.165, 1.54) is 0 Å². The number of hydrogen-bond donors (Lipinski definition) is 2. The Morgan fingerprint density at radius 2 is 1.93 bits per heavy atom. The number of para-hydroxylation sites is 2. The first-order valence-corrected chi connectivity index (χ1v) is 9.75. The second-order valence-electron chi connectivity index (χ2n) is 6.98. The van der Waals surface area contributed by atoms with Crippen LogP contribution in [-0.2, 0) is 6.54 Å². The predicted octanol–water partition coefficient (Wildman–Crippen LogP) is 5.04. The molecule has 0 aliphatic rings. The first-order valence-electron chi connectivity index (χ1n) is 9.75. The largest absolute Gasteiger partial charge is 0.496 e. The van der Waals surface area contributed by atoms with Crippen molar-refractivity contribution in [2.45, 2.75) is 6.54 Å². The van der Waals surface area contributed by atoms with Crippen molar-refractivity contribution in [3.63, 3.8) is 0 Å². The summed E-state index contributed by atoms with van der Waals surface area (Å²) in [7, 11) is 1.68. The van der Waals surface area contributed by atoms with Crippen LogP contribution < -0.4 is 10.1 Å². The molecule has 0 spiro atoms. The first-order chi connectivity index (χ1) is 14.8. The van der Waals surface area contributed by atoms with Crippen molar-refractivity contribution in [2.24, 2.45) is 0 Å². The molecule has 2 aromatic heterocycles. The van der Waals surface area contributed by atoms with E-state index in [-0.39, 0.29) is 0 Å². The van der Waals surface area contributed by atoms with E-state index >= 15 is 0 Å². The lowest BCUT2D eigenvalue weighted by molar-refractivity contribution is 0.415. The fourth-order valence-corrected chi connectivity index (χ4v) is 3.59. The summed E-state index contributed by atoms with van der Waals surface area (Å²) in [6, 6.07) is 22.6. The van der Waals surface area contributed by atoms with Crippen LogP contribution >= 0.6 is 0 Å². The molecule has 0 saturated carbocycles. The molecule has 5 aromatic rings. The highest BCUT2D eigenvalue weighted by atomic mass is 16.5. The van der Waals surface area contributed by atoms with Gasteiger partial charge in [0.1, 0.15) is 17.9 Å². The van der Waals surface area contributed by atoms with Gasteiger partial charge in [-0.05, 0) is 48.0 Å². The van der Waals surface area contributed by atoms with E-state index in [0.717, 1.165) is 45.1 Å². The normalized spacial score (nSPS) is 11.0. The molecule has 6 nitrogen and oxygen atoms in total. The number of hydrogen-bond acceptors (Lipinski definition) is 4. The quantitative estimate of drug-likeness (QED) is 0.423. The van der Waals surface area contributed by atoms with E-state index in [0.29, 0.717) is 6.54 Å². The van der Waals surface area contributed by atoms with Crippen LogP contribution in [0.15, 0.2) is 85.5 Å². The number of nitrogens with zero attached hydrogens (tertiary/aromatic N) is 3. The molecule has 0 fully saturated rings. The summed E-state index contributed by atoms with van der Waals surface area (Å²) in [6.07, 6.45) is 5.41. The van der Waals surface area contributed by atoms with Gasteiger partial charge in [0.05, 0.1) is 23.7 Å². The molecule has 5 rings (SSSR count). The van der Waals surface area contributed by atoms with Crippen LogP contribution in [0.2, 0.25) is 0 Å². The van der Waals surface area contributed by atoms with Gasteiger partial charge in [-0.2, -0.15) is 0 Å². The molecule has 3 aromatic carbocycles. The van der Waals surface area contributed by atoms with Crippen LogP contribution in [0.5, 0.6) is 5.75 Å². The lowest BCUT2D eigenvalue weighted by Gasteiger charge is -2.12. The number of imidazole rings is 2. The molecule has 30 heavy (non-hydrogen) atoms. The summed E-state index contributed by atoms with van der Waals surface area (Å²) in [4.78, 5) is 11.9. The third kappa shape index (κ3) is 3.39. The minimum atomic E-state index is 0.683. The highest BCUT2D eigenvalue weighted by molar-refractivity contribution is 5.77. The monoisotopic (exact) mass is 395 g/mol. The van der Waals surface area contributed by atoms with Crippen molar-refractivity contribution in [3.8, 4) is 22.8 Å². The number of nitrogens with one attached hydrogen (secondary N) is 2. The van der Waals surface area contributed by atoms with Gasteiger partial charge in [-0.25, -0.2) is 9.97 Å². The topological polar surface area (TPSA) is 67.8 Å². The summed E-state index contributed by atoms with van der Waals surface area (Å²) in [5.41, 5.74) is 6.26. The minimum absolute atomic E-state index is 0.683. The molecule has 0 bridgehead atoms. The molecule has 0 atom stereocenters. The van der Waals surface area contributed by atoms with Gasteiger partial charge in [0.15, 0.2) is 0 Å². The van der Waals surface area contributed by atoms with Crippen LogP contribution in [0.25, 0.3) is 28.1 Å². The fraction of sp³-hybridized carbons (Fsp3) is 0.0833. The van der Waals surface area contributed by atoms with Crippen molar-refractivity contribution >= 4 is 16.7 Å². The summed E-state index contributed by atoms with van der Waals surface area (Å²) in [6.45, 7) is 0.683. The van der Waals surface area contributed by atoms with Gasteiger partial charge in [0, 0.05) is 30.3 Å². The summed E-state index contributed by atoms with van der Waals surface area (Å²) >= 11 is 0. The molecular weight excluding hydrogens is 374 g/mol. The summed E-state index contributed by atoms with van der Waals surface area (Å²) < 4.78 is 7.67. The van der Waals surface area contributed by atoms with Gasteiger partial charge < -0.3 is 15.0 Å². The van der Waals surface area contributed by atoms with Crippen molar-refractivity contribution < 1.29 is 4.74 Å². The number of ether oxygens (including phenoxy) is 1. The van der Waals surface area contributed by atoms with E-state index in [1.54, 1.807) is 19.5 Å². The van der Waals surface area contributed by atoms with E-state index < -0.39 is 0 Å². The zero-order chi connectivity index (χ0) is 20.3. The van der Waals surface area contributed by atoms with E-state index in [9.17, 15) is 0 Å². The van der Waals surface area contributed by atoms with Gasteiger partial charge >= 0.3 is 0 Å². The molecule has 0 saturated heterocycles. The van der Waals surface area contributed by atoms with E-state index in [4.69, 9.17) is 4.74 Å². The van der Waals surface area contributed by atoms with Gasteiger partial charge in [-0.15, -0.1) is 0 Å². The maximum Gasteiger partial charge on any atom is 0.141 e. The second-order valence-corrected chi connectivity index (χ2v) is 6.98. The number of fused-ring (bicyclic) bond motifs is 1. The van der Waals surface area contributed by atoms with Gasteiger partial charge in [0.2, 0.25) is 0 Å². The maximum absolute atomic E-state index is 5.57. The Bertz CT molecular complexity index is 1290. The molecule has 2 heterocycles.